The monoisotopic (exact) mass is 385 g/mol. The Morgan fingerprint density at radius 2 is 1.89 bits per heavy atom. The molecule has 0 saturated carbocycles. The summed E-state index contributed by atoms with van der Waals surface area (Å²) in [6.45, 7) is 4.45. The predicted octanol–water partition coefficient (Wildman–Crippen LogP) is 2.28. The average Bonchev–Trinajstić information content (AvgIpc) is 3.05. The second-order valence-corrected chi connectivity index (χ2v) is 7.89. The van der Waals surface area contributed by atoms with Crippen LogP contribution in [0.15, 0.2) is 45.3 Å². The van der Waals surface area contributed by atoms with Gasteiger partial charge in [0.1, 0.15) is 11.4 Å². The van der Waals surface area contributed by atoms with Crippen LogP contribution < -0.4 is 16.6 Å². The van der Waals surface area contributed by atoms with Gasteiger partial charge in [-0.05, 0) is 28.8 Å². The van der Waals surface area contributed by atoms with Crippen LogP contribution in [0.4, 0.5) is 0 Å². The minimum absolute atomic E-state index is 0.113. The van der Waals surface area contributed by atoms with E-state index in [2.05, 4.69) is 19.2 Å². The smallest absolute Gasteiger partial charge is 0.332 e. The molecule has 7 heteroatoms. The molecule has 0 bridgehead atoms. The number of carbonyl (C=O) groups excluding carboxylic acids is 1. The van der Waals surface area contributed by atoms with Crippen LogP contribution in [0.25, 0.3) is 10.2 Å². The van der Waals surface area contributed by atoms with Gasteiger partial charge in [-0.15, -0.1) is 11.3 Å². The summed E-state index contributed by atoms with van der Waals surface area (Å²) in [5.41, 5.74) is 1.15. The number of nitrogens with one attached hydrogen (secondary N) is 1. The van der Waals surface area contributed by atoms with Crippen molar-refractivity contribution < 1.29 is 4.79 Å². The lowest BCUT2D eigenvalue weighted by molar-refractivity contribution is -0.121. The van der Waals surface area contributed by atoms with Crippen LogP contribution in [-0.4, -0.2) is 15.0 Å². The van der Waals surface area contributed by atoms with Gasteiger partial charge >= 0.3 is 5.69 Å². The second-order valence-electron chi connectivity index (χ2n) is 7.03. The van der Waals surface area contributed by atoms with Crippen molar-refractivity contribution in [3.05, 3.63) is 67.7 Å². The maximum atomic E-state index is 12.6. The fourth-order valence-electron chi connectivity index (χ4n) is 3.06. The number of thiophene rings is 1. The van der Waals surface area contributed by atoms with Gasteiger partial charge in [0, 0.05) is 13.6 Å². The molecular formula is C20H23N3O3S. The third-order valence-corrected chi connectivity index (χ3v) is 5.44. The molecular weight excluding hydrogens is 362 g/mol. The van der Waals surface area contributed by atoms with Gasteiger partial charge in [-0.1, -0.05) is 44.2 Å². The lowest BCUT2D eigenvalue weighted by Crippen LogP contribution is -2.41. The van der Waals surface area contributed by atoms with E-state index in [-0.39, 0.29) is 18.0 Å². The molecule has 1 aromatic carbocycles. The van der Waals surface area contributed by atoms with E-state index in [0.29, 0.717) is 22.7 Å². The van der Waals surface area contributed by atoms with Crippen LogP contribution in [0.3, 0.4) is 0 Å². The van der Waals surface area contributed by atoms with Gasteiger partial charge < -0.3 is 5.32 Å². The number of hydrogen-bond donors (Lipinski definition) is 1. The Hall–Kier alpha value is -2.67. The Labute approximate surface area is 161 Å². The Balaban J connectivity index is 1.92. The SMILES string of the molecule is CC(C)Cc1csc2c1c(=O)n(C)c(=O)n2CC(=O)NCc1ccccc1. The molecule has 6 nitrogen and oxygen atoms in total. The first-order valence-corrected chi connectivity index (χ1v) is 9.77. The van der Waals surface area contributed by atoms with Gasteiger partial charge in [-0.2, -0.15) is 0 Å². The summed E-state index contributed by atoms with van der Waals surface area (Å²) in [5.74, 6) is 0.127. The van der Waals surface area contributed by atoms with Crippen LogP contribution in [0, 0.1) is 5.92 Å². The van der Waals surface area contributed by atoms with Gasteiger partial charge in [0.15, 0.2) is 0 Å². The van der Waals surface area contributed by atoms with Crippen molar-refractivity contribution in [1.29, 1.82) is 0 Å². The Bertz CT molecular complexity index is 1080. The molecule has 0 fully saturated rings. The molecule has 0 aliphatic heterocycles. The summed E-state index contributed by atoms with van der Waals surface area (Å²) in [7, 11) is 1.46. The van der Waals surface area contributed by atoms with Crippen LogP contribution >= 0.6 is 11.3 Å². The molecule has 1 amide bonds. The van der Waals surface area contributed by atoms with E-state index < -0.39 is 5.69 Å². The van der Waals surface area contributed by atoms with E-state index in [1.54, 1.807) is 0 Å². The highest BCUT2D eigenvalue weighted by Crippen LogP contribution is 2.24. The van der Waals surface area contributed by atoms with Gasteiger partial charge in [-0.3, -0.25) is 18.7 Å². The fraction of sp³-hybridized carbons (Fsp3) is 0.350. The lowest BCUT2D eigenvalue weighted by atomic mass is 10.0. The van der Waals surface area contributed by atoms with Gasteiger partial charge in [-0.25, -0.2) is 4.79 Å². The quantitative estimate of drug-likeness (QED) is 0.707. The van der Waals surface area contributed by atoms with Crippen molar-refractivity contribution in [1.82, 2.24) is 14.5 Å². The molecule has 2 heterocycles. The number of hydrogen-bond acceptors (Lipinski definition) is 4. The topological polar surface area (TPSA) is 73.1 Å². The maximum Gasteiger partial charge on any atom is 0.332 e. The standard InChI is InChI=1S/C20H23N3O3S/c1-13(2)9-15-12-27-19-17(15)18(25)22(3)20(26)23(19)11-16(24)21-10-14-7-5-4-6-8-14/h4-8,12-13H,9-11H2,1-3H3,(H,21,24). The summed E-state index contributed by atoms with van der Waals surface area (Å²) < 4.78 is 2.48. The number of nitrogens with zero attached hydrogens (tertiary/aromatic N) is 2. The molecule has 0 spiro atoms. The van der Waals surface area contributed by atoms with E-state index in [9.17, 15) is 14.4 Å². The summed E-state index contributed by atoms with van der Waals surface area (Å²) in [6, 6.07) is 9.58. The van der Waals surface area contributed by atoms with E-state index in [0.717, 1.165) is 22.1 Å². The maximum absolute atomic E-state index is 12.6. The molecule has 0 saturated heterocycles. The largest absolute Gasteiger partial charge is 0.350 e. The van der Waals surface area contributed by atoms with Crippen molar-refractivity contribution in [2.45, 2.75) is 33.4 Å². The Morgan fingerprint density at radius 1 is 1.19 bits per heavy atom. The number of rotatable bonds is 6. The highest BCUT2D eigenvalue weighted by atomic mass is 32.1. The lowest BCUT2D eigenvalue weighted by Gasteiger charge is -2.11. The highest BCUT2D eigenvalue weighted by molar-refractivity contribution is 7.17. The molecule has 1 N–H and O–H groups in total. The third-order valence-electron chi connectivity index (χ3n) is 4.39. The first-order chi connectivity index (χ1) is 12.9. The average molecular weight is 385 g/mol. The van der Waals surface area contributed by atoms with Crippen LogP contribution in [-0.2, 0) is 31.4 Å². The number of amides is 1. The zero-order chi connectivity index (χ0) is 19.6. The highest BCUT2D eigenvalue weighted by Gasteiger charge is 2.18. The molecule has 142 valence electrons. The summed E-state index contributed by atoms with van der Waals surface area (Å²) in [5, 5.41) is 5.30. The van der Waals surface area contributed by atoms with Crippen LogP contribution in [0.5, 0.6) is 0 Å². The van der Waals surface area contributed by atoms with Gasteiger partial charge in [0.2, 0.25) is 5.91 Å². The summed E-state index contributed by atoms with van der Waals surface area (Å²) >= 11 is 1.35. The van der Waals surface area contributed by atoms with E-state index >= 15 is 0 Å². The van der Waals surface area contributed by atoms with E-state index in [1.165, 1.54) is 23.0 Å². The third kappa shape index (κ3) is 4.03. The second kappa shape index (κ2) is 7.92. The minimum Gasteiger partial charge on any atom is -0.350 e. The number of fused-ring (bicyclic) bond motifs is 1. The molecule has 0 atom stereocenters. The summed E-state index contributed by atoms with van der Waals surface area (Å²) in [4.78, 5) is 38.2. The molecule has 0 aliphatic carbocycles. The predicted molar refractivity (Wildman–Crippen MR) is 108 cm³/mol. The van der Waals surface area contributed by atoms with E-state index in [4.69, 9.17) is 0 Å². The fourth-order valence-corrected chi connectivity index (χ4v) is 4.13. The zero-order valence-corrected chi connectivity index (χ0v) is 16.5. The zero-order valence-electron chi connectivity index (χ0n) is 15.7. The Morgan fingerprint density at radius 3 is 2.56 bits per heavy atom. The van der Waals surface area contributed by atoms with Crippen molar-refractivity contribution >= 4 is 27.5 Å². The van der Waals surface area contributed by atoms with E-state index in [1.807, 2.05) is 35.7 Å². The number of benzene rings is 1. The molecule has 3 aromatic rings. The molecule has 3 rings (SSSR count). The van der Waals surface area contributed by atoms with Gasteiger partial charge in [0.05, 0.1) is 5.39 Å². The first-order valence-electron chi connectivity index (χ1n) is 8.89. The molecule has 0 aliphatic rings. The number of aromatic nitrogens is 2. The molecule has 0 unspecified atom stereocenters. The normalized spacial score (nSPS) is 11.3. The van der Waals surface area contributed by atoms with Crippen LogP contribution in [0.2, 0.25) is 0 Å². The van der Waals surface area contributed by atoms with Gasteiger partial charge in [0.25, 0.3) is 5.56 Å². The molecule has 2 aromatic heterocycles. The van der Waals surface area contributed by atoms with Crippen molar-refractivity contribution in [2.24, 2.45) is 13.0 Å². The molecule has 0 radical (unpaired) electrons. The van der Waals surface area contributed by atoms with Crippen molar-refractivity contribution in [3.8, 4) is 0 Å². The first kappa shape index (κ1) is 19.1. The van der Waals surface area contributed by atoms with Crippen molar-refractivity contribution in [3.63, 3.8) is 0 Å². The van der Waals surface area contributed by atoms with Crippen LogP contribution in [0.1, 0.15) is 25.0 Å². The minimum atomic E-state index is -0.472. The molecule has 27 heavy (non-hydrogen) atoms. The van der Waals surface area contributed by atoms with Crippen molar-refractivity contribution in [2.75, 3.05) is 0 Å². The Kier molecular flexibility index (Phi) is 5.60. The summed E-state index contributed by atoms with van der Waals surface area (Å²) in [6.07, 6.45) is 0.758. The number of carbonyl (C=O) groups is 1.